The molecule has 1 N–H and O–H groups in total. The maximum atomic E-state index is 5.48. The van der Waals surface area contributed by atoms with Crippen LogP contribution in [0.15, 0.2) is 12.5 Å². The molecule has 1 saturated heterocycles. The van der Waals surface area contributed by atoms with Crippen molar-refractivity contribution in [2.45, 2.75) is 26.3 Å². The summed E-state index contributed by atoms with van der Waals surface area (Å²) < 4.78 is 7.26. The molecule has 0 unspecified atom stereocenters. The van der Waals surface area contributed by atoms with E-state index in [2.05, 4.69) is 39.1 Å². The summed E-state index contributed by atoms with van der Waals surface area (Å²) in [5.74, 6) is 1.53. The molecule has 0 radical (unpaired) electrons. The van der Waals surface area contributed by atoms with Crippen molar-refractivity contribution in [1.29, 1.82) is 0 Å². The predicted octanol–water partition coefficient (Wildman–Crippen LogP) is 1.52. The summed E-state index contributed by atoms with van der Waals surface area (Å²) in [6.45, 7) is 9.09. The van der Waals surface area contributed by atoms with Crippen LogP contribution in [-0.4, -0.2) is 63.5 Å². The molecular weight excluding hydrogens is 292 g/mol. The van der Waals surface area contributed by atoms with Gasteiger partial charge in [0, 0.05) is 32.7 Å². The molecule has 3 rings (SSSR count). The molecule has 1 aliphatic heterocycles. The molecule has 0 bridgehead atoms. The van der Waals surface area contributed by atoms with Crippen LogP contribution in [-0.2, 0) is 11.8 Å². The molecule has 3 heterocycles. The fourth-order valence-corrected chi connectivity index (χ4v) is 3.17. The van der Waals surface area contributed by atoms with Gasteiger partial charge in [0.2, 0.25) is 0 Å². The van der Waals surface area contributed by atoms with E-state index < -0.39 is 0 Å². The van der Waals surface area contributed by atoms with E-state index in [1.54, 1.807) is 11.0 Å². The van der Waals surface area contributed by atoms with Gasteiger partial charge >= 0.3 is 0 Å². The van der Waals surface area contributed by atoms with Crippen molar-refractivity contribution < 1.29 is 4.74 Å². The van der Waals surface area contributed by atoms with E-state index in [4.69, 9.17) is 4.74 Å². The van der Waals surface area contributed by atoms with Gasteiger partial charge in [0.05, 0.1) is 24.8 Å². The molecule has 1 aliphatic rings. The van der Waals surface area contributed by atoms with Crippen LogP contribution in [0.25, 0.3) is 11.0 Å². The van der Waals surface area contributed by atoms with Gasteiger partial charge in [-0.2, -0.15) is 5.10 Å². The van der Waals surface area contributed by atoms with Crippen LogP contribution in [0.2, 0.25) is 0 Å². The number of anilines is 1. The average molecular weight is 318 g/mol. The molecular formula is C16H26N6O. The fraction of sp³-hybridized carbons (Fsp3) is 0.688. The highest BCUT2D eigenvalue weighted by Gasteiger charge is 2.22. The second kappa shape index (κ2) is 7.23. The minimum Gasteiger partial charge on any atom is -0.379 e. The van der Waals surface area contributed by atoms with Crippen LogP contribution in [0, 0.1) is 5.92 Å². The molecule has 2 aromatic rings. The quantitative estimate of drug-likeness (QED) is 0.871. The number of hydrogen-bond donors (Lipinski definition) is 1. The average Bonchev–Trinajstić information content (AvgIpc) is 2.94. The van der Waals surface area contributed by atoms with E-state index in [0.717, 1.165) is 56.1 Å². The van der Waals surface area contributed by atoms with Crippen LogP contribution in [0.1, 0.15) is 20.3 Å². The Morgan fingerprint density at radius 2 is 2.04 bits per heavy atom. The number of fused-ring (bicyclic) bond motifs is 1. The number of nitrogens with one attached hydrogen (secondary N) is 1. The number of ether oxygens (including phenoxy) is 1. The summed E-state index contributed by atoms with van der Waals surface area (Å²) in [4.78, 5) is 11.2. The summed E-state index contributed by atoms with van der Waals surface area (Å²) >= 11 is 0. The molecule has 0 amide bonds. The monoisotopic (exact) mass is 318 g/mol. The highest BCUT2D eigenvalue weighted by Crippen LogP contribution is 2.19. The Labute approximate surface area is 137 Å². The van der Waals surface area contributed by atoms with E-state index in [-0.39, 0.29) is 0 Å². The minimum absolute atomic E-state index is 0.487. The Morgan fingerprint density at radius 3 is 2.78 bits per heavy atom. The largest absolute Gasteiger partial charge is 0.379 e. The second-order valence-corrected chi connectivity index (χ2v) is 6.54. The Morgan fingerprint density at radius 1 is 1.26 bits per heavy atom. The number of rotatable bonds is 6. The van der Waals surface area contributed by atoms with Gasteiger partial charge in [0.25, 0.3) is 0 Å². The first-order valence-corrected chi connectivity index (χ1v) is 8.33. The summed E-state index contributed by atoms with van der Waals surface area (Å²) in [7, 11) is 1.90. The fourth-order valence-electron chi connectivity index (χ4n) is 3.17. The summed E-state index contributed by atoms with van der Waals surface area (Å²) in [6, 6.07) is 0.487. The van der Waals surface area contributed by atoms with E-state index in [1.165, 1.54) is 0 Å². The zero-order valence-electron chi connectivity index (χ0n) is 14.2. The van der Waals surface area contributed by atoms with Crippen LogP contribution < -0.4 is 5.32 Å². The smallest absolute Gasteiger partial charge is 0.163 e. The maximum Gasteiger partial charge on any atom is 0.163 e. The number of morpholine rings is 1. The topological polar surface area (TPSA) is 68.1 Å². The lowest BCUT2D eigenvalue weighted by molar-refractivity contribution is 0.0150. The zero-order chi connectivity index (χ0) is 16.2. The van der Waals surface area contributed by atoms with Crippen molar-refractivity contribution in [2.24, 2.45) is 13.0 Å². The Kier molecular flexibility index (Phi) is 5.07. The third kappa shape index (κ3) is 3.79. The molecule has 7 nitrogen and oxygen atoms in total. The van der Waals surface area contributed by atoms with Crippen molar-refractivity contribution in [3.05, 3.63) is 12.5 Å². The van der Waals surface area contributed by atoms with Crippen molar-refractivity contribution >= 4 is 16.9 Å². The lowest BCUT2D eigenvalue weighted by Crippen LogP contribution is -2.47. The molecule has 2 aromatic heterocycles. The summed E-state index contributed by atoms with van der Waals surface area (Å²) in [5.41, 5.74) is 0.856. The number of aryl methyl sites for hydroxylation is 1. The van der Waals surface area contributed by atoms with Crippen LogP contribution >= 0.6 is 0 Å². The zero-order valence-corrected chi connectivity index (χ0v) is 14.2. The van der Waals surface area contributed by atoms with Gasteiger partial charge in [-0.3, -0.25) is 9.58 Å². The lowest BCUT2D eigenvalue weighted by Gasteiger charge is -2.35. The second-order valence-electron chi connectivity index (χ2n) is 6.54. The van der Waals surface area contributed by atoms with E-state index in [9.17, 15) is 0 Å². The van der Waals surface area contributed by atoms with Crippen molar-refractivity contribution in [3.63, 3.8) is 0 Å². The summed E-state index contributed by atoms with van der Waals surface area (Å²) in [6.07, 6.45) is 4.58. The number of aromatic nitrogens is 4. The normalized spacial score (nSPS) is 17.7. The molecule has 1 atom stereocenters. The standard InChI is InChI=1S/C16H26N6O/c1-12(2)8-13(22-4-6-23-7-5-22)9-17-15-14-10-20-21(3)16(14)19-11-18-15/h10-13H,4-9H2,1-3H3,(H,17,18,19)/t13-/m0/s1. The Balaban J connectivity index is 1.71. The van der Waals surface area contributed by atoms with Gasteiger partial charge in [0.15, 0.2) is 5.65 Å². The lowest BCUT2D eigenvalue weighted by atomic mass is 10.0. The maximum absolute atomic E-state index is 5.48. The van der Waals surface area contributed by atoms with Crippen LogP contribution in [0.4, 0.5) is 5.82 Å². The number of nitrogens with zero attached hydrogens (tertiary/aromatic N) is 5. The first-order chi connectivity index (χ1) is 11.1. The Hall–Kier alpha value is -1.73. The van der Waals surface area contributed by atoms with Crippen molar-refractivity contribution in [3.8, 4) is 0 Å². The van der Waals surface area contributed by atoms with Gasteiger partial charge in [-0.15, -0.1) is 0 Å². The Bertz CT molecular complexity index is 635. The van der Waals surface area contributed by atoms with Gasteiger partial charge < -0.3 is 10.1 Å². The first kappa shape index (κ1) is 16.1. The third-order valence-corrected chi connectivity index (χ3v) is 4.34. The minimum atomic E-state index is 0.487. The van der Waals surface area contributed by atoms with Crippen LogP contribution in [0.5, 0.6) is 0 Å². The predicted molar refractivity (Wildman–Crippen MR) is 90.4 cm³/mol. The first-order valence-electron chi connectivity index (χ1n) is 8.33. The highest BCUT2D eigenvalue weighted by atomic mass is 16.5. The molecule has 0 aromatic carbocycles. The molecule has 126 valence electrons. The molecule has 0 spiro atoms. The molecule has 7 heteroatoms. The molecule has 1 fully saturated rings. The highest BCUT2D eigenvalue weighted by molar-refractivity contribution is 5.85. The van der Waals surface area contributed by atoms with Crippen molar-refractivity contribution in [2.75, 3.05) is 38.2 Å². The van der Waals surface area contributed by atoms with Gasteiger partial charge in [-0.25, -0.2) is 9.97 Å². The van der Waals surface area contributed by atoms with Gasteiger partial charge in [-0.1, -0.05) is 13.8 Å². The SMILES string of the molecule is CC(C)C[C@@H](CNc1ncnc2c1cnn2C)N1CCOCC1. The number of hydrogen-bond acceptors (Lipinski definition) is 6. The van der Waals surface area contributed by atoms with E-state index >= 15 is 0 Å². The molecule has 0 aliphatic carbocycles. The molecule has 23 heavy (non-hydrogen) atoms. The summed E-state index contributed by atoms with van der Waals surface area (Å²) in [5, 5.41) is 8.76. The third-order valence-electron chi connectivity index (χ3n) is 4.34. The van der Waals surface area contributed by atoms with E-state index in [0.29, 0.717) is 12.0 Å². The van der Waals surface area contributed by atoms with Gasteiger partial charge in [-0.05, 0) is 12.3 Å². The van der Waals surface area contributed by atoms with E-state index in [1.807, 2.05) is 13.2 Å². The van der Waals surface area contributed by atoms with Gasteiger partial charge in [0.1, 0.15) is 12.1 Å². The van der Waals surface area contributed by atoms with Crippen molar-refractivity contribution in [1.82, 2.24) is 24.6 Å². The molecule has 0 saturated carbocycles. The van der Waals surface area contributed by atoms with Crippen LogP contribution in [0.3, 0.4) is 0 Å².